The lowest BCUT2D eigenvalue weighted by Crippen LogP contribution is -2.40. The number of sulfonamides is 1. The van der Waals surface area contributed by atoms with Crippen LogP contribution in [0.25, 0.3) is 0 Å². The van der Waals surface area contributed by atoms with E-state index in [1.807, 2.05) is 84.4 Å². The fourth-order valence-electron chi connectivity index (χ4n) is 3.96. The molecule has 0 radical (unpaired) electrons. The summed E-state index contributed by atoms with van der Waals surface area (Å²) < 4.78 is 26.7. The maximum absolute atomic E-state index is 12.8. The van der Waals surface area contributed by atoms with Gasteiger partial charge in [0.2, 0.25) is 0 Å². The van der Waals surface area contributed by atoms with E-state index in [2.05, 4.69) is 16.0 Å². The first-order valence-corrected chi connectivity index (χ1v) is 13.9. The van der Waals surface area contributed by atoms with Crippen LogP contribution in [0.3, 0.4) is 0 Å². The highest BCUT2D eigenvalue weighted by atomic mass is 32.2. The second-order valence-electron chi connectivity index (χ2n) is 8.97. The Hall–Kier alpha value is -4.63. The van der Waals surface area contributed by atoms with Crippen molar-refractivity contribution in [2.24, 2.45) is 0 Å². The van der Waals surface area contributed by atoms with Crippen molar-refractivity contribution in [2.45, 2.75) is 24.3 Å². The number of anilines is 1. The largest absolute Gasteiger partial charge is 0.337 e. The van der Waals surface area contributed by atoms with Crippen molar-refractivity contribution in [3.8, 4) is 0 Å². The zero-order valence-electron chi connectivity index (χ0n) is 21.4. The van der Waals surface area contributed by atoms with Crippen molar-refractivity contribution in [3.63, 3.8) is 0 Å². The number of urea groups is 2. The van der Waals surface area contributed by atoms with E-state index in [0.717, 1.165) is 22.3 Å². The highest BCUT2D eigenvalue weighted by molar-refractivity contribution is 7.90. The first-order chi connectivity index (χ1) is 18.8. The quantitative estimate of drug-likeness (QED) is 0.234. The van der Waals surface area contributed by atoms with Gasteiger partial charge < -0.3 is 16.0 Å². The Kier molecular flexibility index (Phi) is 8.96. The summed E-state index contributed by atoms with van der Waals surface area (Å²) in [6, 6.07) is 31.5. The second-order valence-corrected chi connectivity index (χ2v) is 10.7. The number of nitrogens with one attached hydrogen (secondary N) is 4. The van der Waals surface area contributed by atoms with Gasteiger partial charge >= 0.3 is 12.1 Å². The monoisotopic (exact) mass is 542 g/mol. The number of hydrogen-bond acceptors (Lipinski definition) is 4. The molecule has 4 aromatic carbocycles. The van der Waals surface area contributed by atoms with Gasteiger partial charge in [-0.3, -0.25) is 0 Å². The Morgan fingerprint density at radius 3 is 1.85 bits per heavy atom. The van der Waals surface area contributed by atoms with Gasteiger partial charge in [-0.15, -0.1) is 0 Å². The first kappa shape index (κ1) is 27.4. The summed E-state index contributed by atoms with van der Waals surface area (Å²) in [5.74, 6) is 0. The fourth-order valence-corrected chi connectivity index (χ4v) is 4.89. The summed E-state index contributed by atoms with van der Waals surface area (Å²) in [5.41, 5.74) is 4.39. The van der Waals surface area contributed by atoms with Crippen molar-refractivity contribution in [2.75, 3.05) is 11.9 Å². The molecular formula is C30H30N4O4S. The highest BCUT2D eigenvalue weighted by Gasteiger charge is 2.18. The molecule has 4 amide bonds. The van der Waals surface area contributed by atoms with Crippen LogP contribution in [0.5, 0.6) is 0 Å². The minimum absolute atomic E-state index is 0.0224. The van der Waals surface area contributed by atoms with Crippen LogP contribution in [-0.2, 0) is 16.4 Å². The molecule has 4 N–H and O–H groups in total. The zero-order valence-corrected chi connectivity index (χ0v) is 22.2. The van der Waals surface area contributed by atoms with E-state index in [-0.39, 0.29) is 23.5 Å². The predicted octanol–water partition coefficient (Wildman–Crippen LogP) is 5.14. The number of benzene rings is 4. The van der Waals surface area contributed by atoms with Crippen LogP contribution in [0.4, 0.5) is 15.3 Å². The molecule has 0 saturated carbocycles. The summed E-state index contributed by atoms with van der Waals surface area (Å²) in [5, 5.41) is 8.46. The molecule has 0 aromatic heterocycles. The summed E-state index contributed by atoms with van der Waals surface area (Å²) in [6.45, 7) is 2.08. The van der Waals surface area contributed by atoms with Crippen molar-refractivity contribution in [1.82, 2.24) is 15.4 Å². The Labute approximate surface area is 228 Å². The Morgan fingerprint density at radius 1 is 0.718 bits per heavy atom. The first-order valence-electron chi connectivity index (χ1n) is 12.4. The van der Waals surface area contributed by atoms with Gasteiger partial charge in [0.1, 0.15) is 0 Å². The van der Waals surface area contributed by atoms with Crippen molar-refractivity contribution in [1.29, 1.82) is 0 Å². The molecule has 4 aromatic rings. The average molecular weight is 543 g/mol. The zero-order chi connectivity index (χ0) is 27.7. The smallest absolute Gasteiger partial charge is 0.328 e. The summed E-state index contributed by atoms with van der Waals surface area (Å²) in [7, 11) is -3.94. The van der Waals surface area contributed by atoms with E-state index in [9.17, 15) is 18.0 Å². The van der Waals surface area contributed by atoms with Crippen LogP contribution in [0.2, 0.25) is 0 Å². The van der Waals surface area contributed by atoms with E-state index in [1.54, 1.807) is 24.3 Å². The van der Waals surface area contributed by atoms with Gasteiger partial charge in [0.15, 0.2) is 0 Å². The molecule has 0 aliphatic carbocycles. The van der Waals surface area contributed by atoms with Gasteiger partial charge in [0, 0.05) is 12.2 Å². The number of rotatable bonds is 9. The van der Waals surface area contributed by atoms with E-state index in [0.29, 0.717) is 12.1 Å². The Bertz CT molecular complexity index is 1450. The number of carbonyl (C=O) groups excluding carboxylic acids is 2. The normalized spacial score (nSPS) is 11.0. The third kappa shape index (κ3) is 7.93. The molecule has 9 heteroatoms. The summed E-state index contributed by atoms with van der Waals surface area (Å²) in [4.78, 5) is 24.9. The molecule has 0 spiro atoms. The number of aryl methyl sites for hydroxylation is 1. The van der Waals surface area contributed by atoms with Crippen molar-refractivity contribution in [3.05, 3.63) is 131 Å². The molecule has 8 nitrogen and oxygen atoms in total. The molecule has 0 saturated heterocycles. The lowest BCUT2D eigenvalue weighted by atomic mass is 9.99. The molecule has 0 fully saturated rings. The molecule has 0 atom stereocenters. The molecule has 0 bridgehead atoms. The lowest BCUT2D eigenvalue weighted by Gasteiger charge is -2.20. The topological polar surface area (TPSA) is 116 Å². The van der Waals surface area contributed by atoms with E-state index in [1.165, 1.54) is 12.1 Å². The molecule has 4 rings (SSSR count). The van der Waals surface area contributed by atoms with Crippen LogP contribution in [0, 0.1) is 6.92 Å². The van der Waals surface area contributed by atoms with Gasteiger partial charge in [0.25, 0.3) is 10.0 Å². The highest BCUT2D eigenvalue weighted by Crippen LogP contribution is 2.22. The predicted molar refractivity (Wildman–Crippen MR) is 152 cm³/mol. The molecule has 0 aliphatic heterocycles. The van der Waals surface area contributed by atoms with Gasteiger partial charge in [-0.2, -0.15) is 0 Å². The number of carbonyl (C=O) groups is 2. The van der Waals surface area contributed by atoms with Crippen LogP contribution in [0.15, 0.2) is 114 Å². The Morgan fingerprint density at radius 2 is 1.28 bits per heavy atom. The summed E-state index contributed by atoms with van der Waals surface area (Å²) in [6.07, 6.45) is 0.481. The van der Waals surface area contributed by atoms with Crippen LogP contribution < -0.4 is 20.7 Å². The van der Waals surface area contributed by atoms with Crippen LogP contribution >= 0.6 is 0 Å². The fraction of sp³-hybridized carbons (Fsp3) is 0.133. The van der Waals surface area contributed by atoms with Gasteiger partial charge in [-0.05, 0) is 54.3 Å². The van der Waals surface area contributed by atoms with Crippen molar-refractivity contribution >= 4 is 27.8 Å². The van der Waals surface area contributed by atoms with Gasteiger partial charge in [0.05, 0.1) is 10.9 Å². The standard InChI is InChI=1S/C30H30N4O4S/c1-22-12-18-27(19-13-22)39(37,38)34-29(35)31-21-20-23-14-16-26(17-15-23)32-30(36)33-28(24-8-4-2-5-9-24)25-10-6-3-7-11-25/h2-19,28H,20-21H2,1H3,(H2,31,34,35)(H2,32,33,36). The molecule has 200 valence electrons. The number of hydrogen-bond donors (Lipinski definition) is 4. The lowest BCUT2D eigenvalue weighted by molar-refractivity contribution is 0.245. The van der Waals surface area contributed by atoms with Crippen LogP contribution in [-0.4, -0.2) is 27.0 Å². The summed E-state index contributed by atoms with van der Waals surface area (Å²) >= 11 is 0. The minimum atomic E-state index is -3.94. The van der Waals surface area contributed by atoms with Crippen LogP contribution in [0.1, 0.15) is 28.3 Å². The van der Waals surface area contributed by atoms with Gasteiger partial charge in [-0.25, -0.2) is 22.7 Å². The molecular weight excluding hydrogens is 512 g/mol. The Balaban J connectivity index is 1.27. The molecule has 0 heterocycles. The maximum Gasteiger partial charge on any atom is 0.328 e. The third-order valence-electron chi connectivity index (χ3n) is 6.01. The van der Waals surface area contributed by atoms with E-state index in [4.69, 9.17) is 0 Å². The number of amides is 4. The second kappa shape index (κ2) is 12.7. The van der Waals surface area contributed by atoms with Gasteiger partial charge in [-0.1, -0.05) is 90.5 Å². The molecule has 0 aliphatic rings. The maximum atomic E-state index is 12.8. The van der Waals surface area contributed by atoms with E-state index < -0.39 is 16.1 Å². The van der Waals surface area contributed by atoms with Crippen molar-refractivity contribution < 1.29 is 18.0 Å². The van der Waals surface area contributed by atoms with E-state index >= 15 is 0 Å². The third-order valence-corrected chi connectivity index (χ3v) is 7.36. The molecule has 39 heavy (non-hydrogen) atoms. The average Bonchev–Trinajstić information content (AvgIpc) is 2.93. The molecule has 0 unspecified atom stereocenters. The SMILES string of the molecule is Cc1ccc(S(=O)(=O)NC(=O)NCCc2ccc(NC(=O)NC(c3ccccc3)c3ccccc3)cc2)cc1. The minimum Gasteiger partial charge on any atom is -0.337 e.